The van der Waals surface area contributed by atoms with Crippen LogP contribution in [-0.4, -0.2) is 22.5 Å². The van der Waals surface area contributed by atoms with Crippen molar-refractivity contribution in [2.45, 2.75) is 45.3 Å². The summed E-state index contributed by atoms with van der Waals surface area (Å²) in [4.78, 5) is 24.9. The molecule has 2 rings (SSSR count). The zero-order chi connectivity index (χ0) is 19.2. The Balaban J connectivity index is 2.18. The molecule has 4 nitrogen and oxygen atoms in total. The topological polar surface area (TPSA) is 63.6 Å². The first kappa shape index (κ1) is 19.9. The van der Waals surface area contributed by atoms with Crippen LogP contribution in [0, 0.1) is 5.92 Å². The third-order valence-electron chi connectivity index (χ3n) is 3.98. The Morgan fingerprint density at radius 2 is 1.46 bits per heavy atom. The number of carbonyl (C=O) groups excluding carboxylic acids is 2. The van der Waals surface area contributed by atoms with E-state index in [0.717, 1.165) is 0 Å². The number of carbonyl (C=O) groups is 2. The van der Waals surface area contributed by atoms with Gasteiger partial charge in [0.25, 0.3) is 0 Å². The average Bonchev–Trinajstić information content (AvgIpc) is 2.60. The third-order valence-corrected chi connectivity index (χ3v) is 3.98. The minimum absolute atomic E-state index is 0.0219. The summed E-state index contributed by atoms with van der Waals surface area (Å²) in [5.74, 6) is -1.08. The molecule has 26 heavy (non-hydrogen) atoms. The van der Waals surface area contributed by atoms with Gasteiger partial charge in [0.1, 0.15) is 5.60 Å². The highest BCUT2D eigenvalue weighted by atomic mass is 16.6. The van der Waals surface area contributed by atoms with Gasteiger partial charge in [-0.05, 0) is 26.3 Å². The normalized spacial score (nSPS) is 13.7. The van der Waals surface area contributed by atoms with Crippen molar-refractivity contribution in [2.75, 3.05) is 0 Å². The van der Waals surface area contributed by atoms with Gasteiger partial charge >= 0.3 is 5.97 Å². The van der Waals surface area contributed by atoms with E-state index in [1.54, 1.807) is 57.2 Å². The van der Waals surface area contributed by atoms with Gasteiger partial charge in [0.05, 0.1) is 12.5 Å². The first-order chi connectivity index (χ1) is 12.3. The number of aliphatic hydroxyl groups excluding tert-OH is 1. The lowest BCUT2D eigenvalue weighted by Gasteiger charge is -2.25. The highest BCUT2D eigenvalue weighted by Crippen LogP contribution is 2.29. The van der Waals surface area contributed by atoms with Gasteiger partial charge in [-0.25, -0.2) is 0 Å². The number of aliphatic hydroxyl groups is 1. The summed E-state index contributed by atoms with van der Waals surface area (Å²) in [5.41, 5.74) is 0.645. The van der Waals surface area contributed by atoms with Crippen molar-refractivity contribution in [3.63, 3.8) is 0 Å². The fourth-order valence-electron chi connectivity index (χ4n) is 2.80. The van der Waals surface area contributed by atoms with Gasteiger partial charge < -0.3 is 9.84 Å². The second kappa shape index (κ2) is 8.77. The molecule has 0 aliphatic heterocycles. The summed E-state index contributed by atoms with van der Waals surface area (Å²) >= 11 is 0. The number of Topliss-reactive ketones (excluding diaryl/α,β-unsaturated/α-hetero) is 1. The van der Waals surface area contributed by atoms with E-state index in [-0.39, 0.29) is 18.6 Å². The molecule has 0 saturated carbocycles. The summed E-state index contributed by atoms with van der Waals surface area (Å²) in [6.07, 6.45) is -0.873. The Labute approximate surface area is 154 Å². The van der Waals surface area contributed by atoms with Crippen LogP contribution in [0.3, 0.4) is 0 Å². The van der Waals surface area contributed by atoms with E-state index in [0.29, 0.717) is 11.1 Å². The molecule has 2 atom stereocenters. The number of ketones is 1. The lowest BCUT2D eigenvalue weighted by atomic mass is 9.87. The molecule has 1 N–H and O–H groups in total. The largest absolute Gasteiger partial charge is 0.460 e. The SMILES string of the molecule is CC(C)(C)OC(=O)C[C@@H](CC(=O)c1ccccc1)[C@@H](O)c1ccccc1. The molecular weight excluding hydrogens is 328 g/mol. The lowest BCUT2D eigenvalue weighted by Crippen LogP contribution is -2.27. The van der Waals surface area contributed by atoms with Crippen LogP contribution < -0.4 is 0 Å². The Morgan fingerprint density at radius 1 is 0.923 bits per heavy atom. The number of ether oxygens (including phenoxy) is 1. The van der Waals surface area contributed by atoms with E-state index < -0.39 is 23.6 Å². The van der Waals surface area contributed by atoms with E-state index in [1.165, 1.54) is 0 Å². The first-order valence-electron chi connectivity index (χ1n) is 8.79. The van der Waals surface area contributed by atoms with E-state index in [2.05, 4.69) is 0 Å². The van der Waals surface area contributed by atoms with Gasteiger partial charge in [0.2, 0.25) is 0 Å². The molecule has 0 aromatic heterocycles. The molecule has 0 aliphatic rings. The van der Waals surface area contributed by atoms with Crippen molar-refractivity contribution in [3.8, 4) is 0 Å². The smallest absolute Gasteiger partial charge is 0.306 e. The first-order valence-corrected chi connectivity index (χ1v) is 8.79. The molecule has 0 radical (unpaired) electrons. The van der Waals surface area contributed by atoms with Crippen LogP contribution in [0.25, 0.3) is 0 Å². The summed E-state index contributed by atoms with van der Waals surface area (Å²) < 4.78 is 5.38. The lowest BCUT2D eigenvalue weighted by molar-refractivity contribution is -0.157. The summed E-state index contributed by atoms with van der Waals surface area (Å²) in [7, 11) is 0. The van der Waals surface area contributed by atoms with Crippen LogP contribution in [0.2, 0.25) is 0 Å². The van der Waals surface area contributed by atoms with Crippen molar-refractivity contribution in [1.82, 2.24) is 0 Å². The standard InChI is InChI=1S/C22H26O4/c1-22(2,3)26-20(24)15-18(21(25)17-12-8-5-9-13-17)14-19(23)16-10-6-4-7-11-16/h4-13,18,21,25H,14-15H2,1-3H3/t18-,21+/m1/s1. The van der Waals surface area contributed by atoms with E-state index >= 15 is 0 Å². The monoisotopic (exact) mass is 354 g/mol. The van der Waals surface area contributed by atoms with Crippen molar-refractivity contribution < 1.29 is 19.4 Å². The Kier molecular flexibility index (Phi) is 6.70. The van der Waals surface area contributed by atoms with E-state index in [1.807, 2.05) is 24.3 Å². The molecule has 0 amide bonds. The van der Waals surface area contributed by atoms with Crippen LogP contribution in [0.4, 0.5) is 0 Å². The number of esters is 1. The summed E-state index contributed by atoms with van der Waals surface area (Å²) in [5, 5.41) is 10.8. The molecule has 138 valence electrons. The zero-order valence-corrected chi connectivity index (χ0v) is 15.5. The van der Waals surface area contributed by atoms with Crippen LogP contribution >= 0.6 is 0 Å². The van der Waals surface area contributed by atoms with Gasteiger partial charge in [-0.1, -0.05) is 60.7 Å². The summed E-state index contributed by atoms with van der Waals surface area (Å²) in [6.45, 7) is 5.38. The maximum Gasteiger partial charge on any atom is 0.306 e. The highest BCUT2D eigenvalue weighted by Gasteiger charge is 2.29. The Bertz CT molecular complexity index is 717. The molecule has 2 aromatic rings. The molecular formula is C22H26O4. The predicted molar refractivity (Wildman–Crippen MR) is 101 cm³/mol. The predicted octanol–water partition coefficient (Wildman–Crippen LogP) is 4.34. The second-order valence-corrected chi connectivity index (χ2v) is 7.40. The maximum atomic E-state index is 12.6. The molecule has 0 bridgehead atoms. The van der Waals surface area contributed by atoms with Gasteiger partial charge in [0.15, 0.2) is 5.78 Å². The minimum Gasteiger partial charge on any atom is -0.460 e. The quantitative estimate of drug-likeness (QED) is 0.593. The summed E-state index contributed by atoms with van der Waals surface area (Å²) in [6, 6.07) is 18.0. The second-order valence-electron chi connectivity index (χ2n) is 7.40. The molecule has 4 heteroatoms. The Morgan fingerprint density at radius 3 is 2.00 bits per heavy atom. The van der Waals surface area contributed by atoms with E-state index in [9.17, 15) is 14.7 Å². The number of hydrogen-bond donors (Lipinski definition) is 1. The molecule has 0 fully saturated rings. The van der Waals surface area contributed by atoms with Crippen LogP contribution in [0.15, 0.2) is 60.7 Å². The fraction of sp³-hybridized carbons (Fsp3) is 0.364. The molecule has 0 unspecified atom stereocenters. The molecule has 0 saturated heterocycles. The fourth-order valence-corrected chi connectivity index (χ4v) is 2.80. The Hall–Kier alpha value is -2.46. The van der Waals surface area contributed by atoms with Gasteiger partial charge in [-0.2, -0.15) is 0 Å². The molecule has 0 heterocycles. The minimum atomic E-state index is -0.920. The zero-order valence-electron chi connectivity index (χ0n) is 15.5. The van der Waals surface area contributed by atoms with Crippen LogP contribution in [0.5, 0.6) is 0 Å². The van der Waals surface area contributed by atoms with Crippen molar-refractivity contribution in [3.05, 3.63) is 71.8 Å². The molecule has 0 spiro atoms. The van der Waals surface area contributed by atoms with E-state index in [4.69, 9.17) is 4.74 Å². The number of benzene rings is 2. The third kappa shape index (κ3) is 6.12. The number of rotatable bonds is 7. The number of hydrogen-bond acceptors (Lipinski definition) is 4. The van der Waals surface area contributed by atoms with Crippen molar-refractivity contribution in [2.24, 2.45) is 5.92 Å². The molecule has 0 aliphatic carbocycles. The van der Waals surface area contributed by atoms with Crippen LogP contribution in [0.1, 0.15) is 55.6 Å². The van der Waals surface area contributed by atoms with Gasteiger partial charge in [-0.3, -0.25) is 9.59 Å². The van der Waals surface area contributed by atoms with Crippen molar-refractivity contribution >= 4 is 11.8 Å². The average molecular weight is 354 g/mol. The maximum absolute atomic E-state index is 12.6. The molecule has 2 aromatic carbocycles. The van der Waals surface area contributed by atoms with Crippen LogP contribution in [-0.2, 0) is 9.53 Å². The highest BCUT2D eigenvalue weighted by molar-refractivity contribution is 5.96. The van der Waals surface area contributed by atoms with Gasteiger partial charge in [0, 0.05) is 17.9 Å². The van der Waals surface area contributed by atoms with Crippen molar-refractivity contribution in [1.29, 1.82) is 0 Å². The van der Waals surface area contributed by atoms with Gasteiger partial charge in [-0.15, -0.1) is 0 Å².